The van der Waals surface area contributed by atoms with Gasteiger partial charge in [0.2, 0.25) is 0 Å². The maximum Gasteiger partial charge on any atom is 0.339 e. The van der Waals surface area contributed by atoms with Gasteiger partial charge >= 0.3 is 5.97 Å². The molecule has 0 aromatic heterocycles. The lowest BCUT2D eigenvalue weighted by molar-refractivity contribution is -0.167. The summed E-state index contributed by atoms with van der Waals surface area (Å²) in [6.45, 7) is 1.56. The van der Waals surface area contributed by atoms with Gasteiger partial charge in [0.1, 0.15) is 0 Å². The average molecular weight is 303 g/mol. The van der Waals surface area contributed by atoms with Crippen molar-refractivity contribution >= 4 is 21.9 Å². The molecule has 0 radical (unpaired) electrons. The van der Waals surface area contributed by atoms with Crippen LogP contribution in [-0.2, 0) is 20.9 Å². The van der Waals surface area contributed by atoms with Gasteiger partial charge in [-0.3, -0.25) is 0 Å². The predicted octanol–water partition coefficient (Wildman–Crippen LogP) is 1.89. The van der Waals surface area contributed by atoms with Crippen molar-refractivity contribution in [2.75, 3.05) is 13.7 Å². The minimum Gasteiger partial charge on any atom is -0.467 e. The Morgan fingerprint density at radius 1 is 1.47 bits per heavy atom. The molecule has 0 bridgehead atoms. The maximum atomic E-state index is 11.2. The lowest BCUT2D eigenvalue weighted by Crippen LogP contribution is -2.40. The van der Waals surface area contributed by atoms with Gasteiger partial charge in [0, 0.05) is 4.47 Å². The van der Waals surface area contributed by atoms with Crippen molar-refractivity contribution in [1.29, 1.82) is 0 Å². The van der Waals surface area contributed by atoms with Gasteiger partial charge in [-0.1, -0.05) is 34.1 Å². The second-order valence-corrected chi connectivity index (χ2v) is 4.70. The molecule has 17 heavy (non-hydrogen) atoms. The van der Waals surface area contributed by atoms with E-state index in [1.165, 1.54) is 14.0 Å². The van der Waals surface area contributed by atoms with Crippen molar-refractivity contribution in [2.24, 2.45) is 0 Å². The van der Waals surface area contributed by atoms with E-state index in [0.29, 0.717) is 6.61 Å². The zero-order valence-corrected chi connectivity index (χ0v) is 11.4. The Balaban J connectivity index is 2.48. The number of carbonyl (C=O) groups excluding carboxylic acids is 1. The van der Waals surface area contributed by atoms with Crippen molar-refractivity contribution in [1.82, 2.24) is 0 Å². The fourth-order valence-corrected chi connectivity index (χ4v) is 1.65. The molecule has 1 rings (SSSR count). The lowest BCUT2D eigenvalue weighted by Gasteiger charge is -2.20. The molecule has 0 spiro atoms. The average Bonchev–Trinajstić information content (AvgIpc) is 2.30. The first-order valence-corrected chi connectivity index (χ1v) is 5.88. The van der Waals surface area contributed by atoms with E-state index in [1.807, 2.05) is 24.3 Å². The summed E-state index contributed by atoms with van der Waals surface area (Å²) in [5.41, 5.74) is -0.663. The summed E-state index contributed by atoms with van der Waals surface area (Å²) in [5.74, 6) is -0.704. The predicted molar refractivity (Wildman–Crippen MR) is 66.4 cm³/mol. The summed E-state index contributed by atoms with van der Waals surface area (Å²) in [6, 6.07) is 7.59. The number of aliphatic hydroxyl groups is 1. The third-order valence-corrected chi connectivity index (χ3v) is 3.00. The number of halogens is 1. The molecule has 0 fully saturated rings. The van der Waals surface area contributed by atoms with Crippen LogP contribution in [0.15, 0.2) is 28.7 Å². The first kappa shape index (κ1) is 14.2. The van der Waals surface area contributed by atoms with Crippen molar-refractivity contribution in [3.63, 3.8) is 0 Å². The van der Waals surface area contributed by atoms with Crippen LogP contribution in [0.1, 0.15) is 12.5 Å². The van der Waals surface area contributed by atoms with E-state index >= 15 is 0 Å². The van der Waals surface area contributed by atoms with Crippen LogP contribution >= 0.6 is 15.9 Å². The zero-order chi connectivity index (χ0) is 12.9. The second kappa shape index (κ2) is 6.14. The Morgan fingerprint density at radius 2 is 2.12 bits per heavy atom. The molecule has 5 heteroatoms. The summed E-state index contributed by atoms with van der Waals surface area (Å²) in [6.07, 6.45) is 0. The number of rotatable bonds is 5. The molecule has 0 aliphatic rings. The monoisotopic (exact) mass is 302 g/mol. The lowest BCUT2D eigenvalue weighted by atomic mass is 10.1. The smallest absolute Gasteiger partial charge is 0.339 e. The summed E-state index contributed by atoms with van der Waals surface area (Å²) < 4.78 is 10.7. The molecular formula is C12H15BrO4. The van der Waals surface area contributed by atoms with Crippen LogP contribution in [0.2, 0.25) is 0 Å². The molecule has 1 aromatic rings. The van der Waals surface area contributed by atoms with Crippen molar-refractivity contribution in [2.45, 2.75) is 19.1 Å². The fraction of sp³-hybridized carbons (Fsp3) is 0.417. The highest BCUT2D eigenvalue weighted by atomic mass is 79.9. The number of benzene rings is 1. The molecule has 1 unspecified atom stereocenters. The third-order valence-electron chi connectivity index (χ3n) is 2.22. The van der Waals surface area contributed by atoms with Gasteiger partial charge in [-0.05, 0) is 18.6 Å². The van der Waals surface area contributed by atoms with E-state index in [2.05, 4.69) is 20.7 Å². The van der Waals surface area contributed by atoms with Gasteiger partial charge in [-0.15, -0.1) is 0 Å². The van der Waals surface area contributed by atoms with Crippen LogP contribution in [0, 0.1) is 0 Å². The van der Waals surface area contributed by atoms with Gasteiger partial charge in [0.15, 0.2) is 5.60 Å². The Hall–Kier alpha value is -0.910. The van der Waals surface area contributed by atoms with Crippen LogP contribution in [0.4, 0.5) is 0 Å². The minimum atomic E-state index is -1.62. The van der Waals surface area contributed by atoms with Crippen LogP contribution in [0.25, 0.3) is 0 Å². The van der Waals surface area contributed by atoms with Gasteiger partial charge < -0.3 is 14.6 Å². The van der Waals surface area contributed by atoms with Crippen molar-refractivity contribution in [3.05, 3.63) is 34.3 Å². The first-order valence-electron chi connectivity index (χ1n) is 5.09. The molecule has 0 saturated carbocycles. The number of hydrogen-bond donors (Lipinski definition) is 1. The molecule has 1 N–H and O–H groups in total. The molecule has 94 valence electrons. The van der Waals surface area contributed by atoms with Crippen LogP contribution in [0.3, 0.4) is 0 Å². The number of hydrogen-bond acceptors (Lipinski definition) is 4. The minimum absolute atomic E-state index is 0.110. The number of carbonyl (C=O) groups is 1. The topological polar surface area (TPSA) is 55.8 Å². The van der Waals surface area contributed by atoms with E-state index in [9.17, 15) is 9.90 Å². The van der Waals surface area contributed by atoms with Gasteiger partial charge in [0.05, 0.1) is 20.3 Å². The standard InChI is InChI=1S/C12H15BrO4/c1-12(15,11(14)16-2)8-17-7-9-5-3-4-6-10(9)13/h3-6,15H,7-8H2,1-2H3. The first-order chi connectivity index (χ1) is 7.97. The largest absolute Gasteiger partial charge is 0.467 e. The number of esters is 1. The molecule has 0 saturated heterocycles. The molecular weight excluding hydrogens is 288 g/mol. The maximum absolute atomic E-state index is 11.2. The Kier molecular flexibility index (Phi) is 5.11. The number of ether oxygens (including phenoxy) is 2. The zero-order valence-electron chi connectivity index (χ0n) is 9.77. The van der Waals surface area contributed by atoms with E-state index in [4.69, 9.17) is 4.74 Å². The van der Waals surface area contributed by atoms with E-state index in [-0.39, 0.29) is 6.61 Å². The fourth-order valence-electron chi connectivity index (χ4n) is 1.25. The van der Waals surface area contributed by atoms with Crippen LogP contribution in [0.5, 0.6) is 0 Å². The van der Waals surface area contributed by atoms with E-state index in [1.54, 1.807) is 0 Å². The Bertz CT molecular complexity index is 390. The van der Waals surface area contributed by atoms with E-state index in [0.717, 1.165) is 10.0 Å². The molecule has 0 aliphatic carbocycles. The molecule has 0 aliphatic heterocycles. The summed E-state index contributed by atoms with van der Waals surface area (Å²) in [4.78, 5) is 11.2. The van der Waals surface area contributed by atoms with Crippen LogP contribution < -0.4 is 0 Å². The second-order valence-electron chi connectivity index (χ2n) is 3.85. The normalized spacial score (nSPS) is 14.1. The molecule has 0 amide bonds. The summed E-state index contributed by atoms with van der Waals surface area (Å²) >= 11 is 3.39. The molecule has 1 aromatic carbocycles. The highest BCUT2D eigenvalue weighted by Gasteiger charge is 2.31. The Morgan fingerprint density at radius 3 is 2.71 bits per heavy atom. The molecule has 4 nitrogen and oxygen atoms in total. The molecule has 0 heterocycles. The van der Waals surface area contributed by atoms with Gasteiger partial charge in [-0.2, -0.15) is 0 Å². The summed E-state index contributed by atoms with van der Waals surface area (Å²) in [7, 11) is 1.23. The van der Waals surface area contributed by atoms with Gasteiger partial charge in [-0.25, -0.2) is 4.79 Å². The third kappa shape index (κ3) is 4.11. The SMILES string of the molecule is COC(=O)C(C)(O)COCc1ccccc1Br. The Labute approximate surface area is 109 Å². The van der Waals surface area contributed by atoms with Crippen molar-refractivity contribution < 1.29 is 19.4 Å². The quantitative estimate of drug-likeness (QED) is 0.844. The van der Waals surface area contributed by atoms with E-state index < -0.39 is 11.6 Å². The highest BCUT2D eigenvalue weighted by Crippen LogP contribution is 2.17. The highest BCUT2D eigenvalue weighted by molar-refractivity contribution is 9.10. The van der Waals surface area contributed by atoms with Gasteiger partial charge in [0.25, 0.3) is 0 Å². The van der Waals surface area contributed by atoms with Crippen molar-refractivity contribution in [3.8, 4) is 0 Å². The van der Waals surface area contributed by atoms with Crippen LogP contribution in [-0.4, -0.2) is 30.4 Å². The number of methoxy groups -OCH3 is 1. The summed E-state index contributed by atoms with van der Waals surface area (Å²) in [5, 5.41) is 9.72. The molecule has 1 atom stereocenters.